The highest BCUT2D eigenvalue weighted by Crippen LogP contribution is 2.45. The Morgan fingerprint density at radius 1 is 0.837 bits per heavy atom. The highest BCUT2D eigenvalue weighted by molar-refractivity contribution is 9.10. The van der Waals surface area contributed by atoms with Crippen LogP contribution in [0.4, 0.5) is 0 Å². The number of nitrogens with one attached hydrogen (secondary N) is 2. The zero-order valence-electron chi connectivity index (χ0n) is 26.5. The normalized spacial score (nSPS) is 16.9. The summed E-state index contributed by atoms with van der Waals surface area (Å²) in [5.41, 5.74) is 8.32. The van der Waals surface area contributed by atoms with Crippen LogP contribution in [0, 0.1) is 0 Å². The number of aliphatic hydroxyl groups is 1. The Morgan fingerprint density at radius 3 is 2.24 bits per heavy atom. The van der Waals surface area contributed by atoms with Crippen molar-refractivity contribution in [2.75, 3.05) is 13.2 Å². The third kappa shape index (κ3) is 8.45. The molecule has 0 unspecified atom stereocenters. The standard InChI is InChI=1S/C39H35Br2N3O4S/c40-33-16-7-4-11-28(33)25-39(38(46)44-42-26-29-12-5-9-18-35(29)49-31-13-2-1-3-14-31)36(32-15-6-8-17-34(32)41)48-37(43-39)27-19-21-30(22-20-27)47-24-10-23-45/h1-9,11-22,36,42,45H,10,23-26H2,(H,44,46)/t36-,39-/m0/s1. The second-order valence-corrected chi connectivity index (χ2v) is 14.2. The Labute approximate surface area is 307 Å². The van der Waals surface area contributed by atoms with Crippen molar-refractivity contribution in [1.82, 2.24) is 10.9 Å². The predicted molar refractivity (Wildman–Crippen MR) is 201 cm³/mol. The van der Waals surface area contributed by atoms with E-state index in [2.05, 4.69) is 67.0 Å². The molecule has 0 saturated heterocycles. The van der Waals surface area contributed by atoms with Crippen molar-refractivity contribution < 1.29 is 19.4 Å². The maximum absolute atomic E-state index is 14.7. The Kier molecular flexibility index (Phi) is 11.9. The molecule has 0 fully saturated rings. The zero-order valence-corrected chi connectivity index (χ0v) is 30.5. The number of nitrogens with zero attached hydrogens (tertiary/aromatic N) is 1. The number of aliphatic imine (C=N–C) groups is 1. The van der Waals surface area contributed by atoms with Crippen molar-refractivity contribution in [1.29, 1.82) is 0 Å². The van der Waals surface area contributed by atoms with Crippen LogP contribution in [0.5, 0.6) is 5.75 Å². The molecule has 1 amide bonds. The van der Waals surface area contributed by atoms with Gasteiger partial charge in [0.25, 0.3) is 5.91 Å². The maximum atomic E-state index is 14.7. The van der Waals surface area contributed by atoms with E-state index in [1.807, 2.05) is 103 Å². The molecule has 5 aromatic carbocycles. The zero-order chi connectivity index (χ0) is 34.1. The monoisotopic (exact) mass is 799 g/mol. The molecule has 0 bridgehead atoms. The molecule has 250 valence electrons. The van der Waals surface area contributed by atoms with Crippen molar-refractivity contribution in [2.24, 2.45) is 4.99 Å². The molecule has 7 nitrogen and oxygen atoms in total. The van der Waals surface area contributed by atoms with E-state index in [9.17, 15) is 4.79 Å². The summed E-state index contributed by atoms with van der Waals surface area (Å²) in [5, 5.41) is 9.11. The van der Waals surface area contributed by atoms with Gasteiger partial charge in [0.05, 0.1) is 6.61 Å². The first-order chi connectivity index (χ1) is 24.0. The number of amides is 1. The first kappa shape index (κ1) is 34.9. The number of aliphatic hydroxyl groups excluding tert-OH is 1. The second kappa shape index (κ2) is 16.7. The SMILES string of the molecule is O=C(NNCc1ccccc1Sc1ccccc1)[C@@]1(Cc2ccccc2Br)N=C(c2ccc(OCCCO)cc2)O[C@H]1c1ccccc1Br. The van der Waals surface area contributed by atoms with Crippen LogP contribution in [0.2, 0.25) is 0 Å². The van der Waals surface area contributed by atoms with Crippen LogP contribution >= 0.6 is 43.6 Å². The second-order valence-electron chi connectivity index (χ2n) is 11.4. The fraction of sp³-hybridized carbons (Fsp3) is 0.179. The van der Waals surface area contributed by atoms with Crippen LogP contribution in [0.1, 0.15) is 34.8 Å². The lowest BCUT2D eigenvalue weighted by atomic mass is 9.82. The van der Waals surface area contributed by atoms with Gasteiger partial charge in [-0.3, -0.25) is 10.2 Å². The molecule has 3 N–H and O–H groups in total. The van der Waals surface area contributed by atoms with Crippen LogP contribution in [-0.4, -0.2) is 35.7 Å². The molecule has 1 aliphatic heterocycles. The average molecular weight is 802 g/mol. The first-order valence-corrected chi connectivity index (χ1v) is 18.3. The summed E-state index contributed by atoms with van der Waals surface area (Å²) < 4.78 is 14.1. The molecule has 6 rings (SSSR count). The lowest BCUT2D eigenvalue weighted by Crippen LogP contribution is -2.53. The molecule has 1 aliphatic rings. The number of ether oxygens (including phenoxy) is 2. The van der Waals surface area contributed by atoms with E-state index in [1.54, 1.807) is 11.8 Å². The van der Waals surface area contributed by atoms with Crippen LogP contribution < -0.4 is 15.6 Å². The molecule has 10 heteroatoms. The molecule has 49 heavy (non-hydrogen) atoms. The molecule has 5 aromatic rings. The van der Waals surface area contributed by atoms with E-state index in [0.717, 1.165) is 35.4 Å². The van der Waals surface area contributed by atoms with Gasteiger partial charge in [0.15, 0.2) is 11.6 Å². The fourth-order valence-electron chi connectivity index (χ4n) is 5.57. The van der Waals surface area contributed by atoms with Crippen molar-refractivity contribution in [3.05, 3.63) is 159 Å². The third-order valence-electron chi connectivity index (χ3n) is 8.06. The highest BCUT2D eigenvalue weighted by Gasteiger charge is 2.54. The van der Waals surface area contributed by atoms with Gasteiger partial charge in [0, 0.05) is 55.9 Å². The van der Waals surface area contributed by atoms with Crippen molar-refractivity contribution in [3.8, 4) is 5.75 Å². The summed E-state index contributed by atoms with van der Waals surface area (Å²) in [6.07, 6.45) is 0.0530. The number of hydrogen-bond donors (Lipinski definition) is 3. The minimum atomic E-state index is -1.38. The van der Waals surface area contributed by atoms with E-state index < -0.39 is 11.6 Å². The van der Waals surface area contributed by atoms with Crippen LogP contribution in [0.25, 0.3) is 0 Å². The fourth-order valence-corrected chi connectivity index (χ4v) is 7.45. The van der Waals surface area contributed by atoms with Crippen molar-refractivity contribution >= 4 is 55.4 Å². The summed E-state index contributed by atoms with van der Waals surface area (Å²) in [5.74, 6) is 0.705. The summed E-state index contributed by atoms with van der Waals surface area (Å²) in [6, 6.07) is 41.4. The molecule has 0 saturated carbocycles. The molecule has 0 radical (unpaired) electrons. The van der Waals surface area contributed by atoms with Gasteiger partial charge >= 0.3 is 0 Å². The molecule has 2 atom stereocenters. The van der Waals surface area contributed by atoms with E-state index in [0.29, 0.717) is 36.8 Å². The van der Waals surface area contributed by atoms with Gasteiger partial charge in [0.2, 0.25) is 5.90 Å². The van der Waals surface area contributed by atoms with E-state index in [4.69, 9.17) is 19.6 Å². The minimum absolute atomic E-state index is 0.0643. The Bertz CT molecular complexity index is 1910. The van der Waals surface area contributed by atoms with Crippen LogP contribution in [-0.2, 0) is 22.5 Å². The van der Waals surface area contributed by atoms with Gasteiger partial charge in [-0.15, -0.1) is 0 Å². The maximum Gasteiger partial charge on any atom is 0.266 e. The smallest absolute Gasteiger partial charge is 0.266 e. The number of carbonyl (C=O) groups is 1. The van der Waals surface area contributed by atoms with Gasteiger partial charge in [-0.25, -0.2) is 10.4 Å². The summed E-state index contributed by atoms with van der Waals surface area (Å²) >= 11 is 9.10. The van der Waals surface area contributed by atoms with E-state index in [-0.39, 0.29) is 18.9 Å². The number of hydrazine groups is 1. The molecular weight excluding hydrogens is 766 g/mol. The lowest BCUT2D eigenvalue weighted by Gasteiger charge is -2.31. The minimum Gasteiger partial charge on any atom is -0.494 e. The van der Waals surface area contributed by atoms with Gasteiger partial charge in [-0.2, -0.15) is 0 Å². The van der Waals surface area contributed by atoms with Crippen LogP contribution in [0.3, 0.4) is 0 Å². The van der Waals surface area contributed by atoms with Crippen LogP contribution in [0.15, 0.2) is 151 Å². The van der Waals surface area contributed by atoms with Crippen molar-refractivity contribution in [2.45, 2.75) is 40.8 Å². The lowest BCUT2D eigenvalue weighted by molar-refractivity contribution is -0.130. The van der Waals surface area contributed by atoms with Crippen molar-refractivity contribution in [3.63, 3.8) is 0 Å². The predicted octanol–water partition coefficient (Wildman–Crippen LogP) is 8.44. The Hall–Kier alpha value is -3.93. The number of carbonyl (C=O) groups excluding carboxylic acids is 1. The number of halogens is 2. The van der Waals surface area contributed by atoms with E-state index >= 15 is 0 Å². The summed E-state index contributed by atoms with van der Waals surface area (Å²) in [6.45, 7) is 0.881. The van der Waals surface area contributed by atoms with E-state index in [1.165, 1.54) is 0 Å². The largest absolute Gasteiger partial charge is 0.494 e. The first-order valence-electron chi connectivity index (χ1n) is 15.9. The van der Waals surface area contributed by atoms with Gasteiger partial charge in [0.1, 0.15) is 5.75 Å². The number of benzene rings is 5. The van der Waals surface area contributed by atoms with Gasteiger partial charge < -0.3 is 14.6 Å². The quantitative estimate of drug-likeness (QED) is 0.0772. The molecule has 0 spiro atoms. The Balaban J connectivity index is 1.33. The molecule has 0 aliphatic carbocycles. The molecule has 1 heterocycles. The number of rotatable bonds is 14. The summed E-state index contributed by atoms with van der Waals surface area (Å²) in [7, 11) is 0. The Morgan fingerprint density at radius 2 is 1.51 bits per heavy atom. The molecular formula is C39H35Br2N3O4S. The molecule has 0 aromatic heterocycles. The number of hydrogen-bond acceptors (Lipinski definition) is 7. The van der Waals surface area contributed by atoms with Gasteiger partial charge in [-0.1, -0.05) is 116 Å². The topological polar surface area (TPSA) is 92.2 Å². The van der Waals surface area contributed by atoms with Gasteiger partial charge in [-0.05, 0) is 65.7 Å². The third-order valence-corrected chi connectivity index (χ3v) is 10.7. The highest BCUT2D eigenvalue weighted by atomic mass is 79.9. The average Bonchev–Trinajstić information content (AvgIpc) is 3.51. The summed E-state index contributed by atoms with van der Waals surface area (Å²) in [4.78, 5) is 22.1.